The molecular weight excluding hydrogens is 395 g/mol. The summed E-state index contributed by atoms with van der Waals surface area (Å²) in [6.45, 7) is 0. The van der Waals surface area contributed by atoms with Crippen LogP contribution in [0.15, 0.2) is 47.3 Å². The standard InChI is InChI=1S/C21H19FN2O4S/c1-23-20-19(29-21(23)26)15(14-5-4-6-16(27-2)18(14)28-3)11-17(25)24(20)13-9-7-12(22)8-10-13/h4-10,15H,11H2,1-3H3. The molecule has 1 amide bonds. The number of amides is 1. The van der Waals surface area contributed by atoms with Crippen LogP contribution in [-0.4, -0.2) is 24.7 Å². The number of hydrogen-bond donors (Lipinski definition) is 0. The summed E-state index contributed by atoms with van der Waals surface area (Å²) in [6, 6.07) is 11.1. The molecule has 2 aromatic carbocycles. The van der Waals surface area contributed by atoms with Crippen LogP contribution < -0.4 is 19.2 Å². The van der Waals surface area contributed by atoms with E-state index in [-0.39, 0.29) is 23.1 Å². The number of carbonyl (C=O) groups is 1. The third-order valence-corrected chi connectivity index (χ3v) is 6.19. The van der Waals surface area contributed by atoms with Crippen LogP contribution in [0, 0.1) is 5.82 Å². The number of carbonyl (C=O) groups excluding carboxylic acids is 1. The maximum absolute atomic E-state index is 13.4. The molecule has 1 aromatic heterocycles. The molecule has 0 aliphatic carbocycles. The van der Waals surface area contributed by atoms with Crippen LogP contribution in [0.5, 0.6) is 11.5 Å². The van der Waals surface area contributed by atoms with Gasteiger partial charge in [0.05, 0.1) is 24.8 Å². The lowest BCUT2D eigenvalue weighted by Crippen LogP contribution is -2.34. The van der Waals surface area contributed by atoms with E-state index in [0.29, 0.717) is 23.0 Å². The Balaban J connectivity index is 1.91. The minimum Gasteiger partial charge on any atom is -0.493 e. The maximum atomic E-state index is 13.4. The maximum Gasteiger partial charge on any atom is 0.308 e. The Labute approximate surface area is 170 Å². The molecule has 1 aliphatic heterocycles. The van der Waals surface area contributed by atoms with Crippen molar-refractivity contribution >= 4 is 28.7 Å². The smallest absolute Gasteiger partial charge is 0.308 e. The van der Waals surface area contributed by atoms with Gasteiger partial charge in [-0.2, -0.15) is 0 Å². The molecule has 1 atom stereocenters. The van der Waals surface area contributed by atoms with Crippen molar-refractivity contribution < 1.29 is 18.7 Å². The largest absolute Gasteiger partial charge is 0.493 e. The summed E-state index contributed by atoms with van der Waals surface area (Å²) < 4.78 is 25.8. The van der Waals surface area contributed by atoms with Gasteiger partial charge in [-0.3, -0.25) is 19.1 Å². The van der Waals surface area contributed by atoms with E-state index in [0.717, 1.165) is 21.8 Å². The average Bonchev–Trinajstić information content (AvgIpc) is 3.02. The highest BCUT2D eigenvalue weighted by molar-refractivity contribution is 7.10. The van der Waals surface area contributed by atoms with E-state index >= 15 is 0 Å². The molecule has 0 spiro atoms. The van der Waals surface area contributed by atoms with E-state index < -0.39 is 5.82 Å². The molecule has 0 fully saturated rings. The van der Waals surface area contributed by atoms with Gasteiger partial charge >= 0.3 is 4.87 Å². The first-order valence-electron chi connectivity index (χ1n) is 8.95. The topological polar surface area (TPSA) is 60.8 Å². The summed E-state index contributed by atoms with van der Waals surface area (Å²) >= 11 is 1.10. The number of benzene rings is 2. The summed E-state index contributed by atoms with van der Waals surface area (Å²) in [5.74, 6) is 0.667. The highest BCUT2D eigenvalue weighted by atomic mass is 32.1. The Morgan fingerprint density at radius 1 is 1.07 bits per heavy atom. The van der Waals surface area contributed by atoms with Crippen molar-refractivity contribution in [3.8, 4) is 11.5 Å². The number of para-hydroxylation sites is 1. The zero-order valence-corrected chi connectivity index (χ0v) is 17.0. The molecule has 0 saturated carbocycles. The average molecular weight is 414 g/mol. The number of ether oxygens (including phenoxy) is 2. The molecule has 0 bridgehead atoms. The fraction of sp³-hybridized carbons (Fsp3) is 0.238. The van der Waals surface area contributed by atoms with Crippen LogP contribution in [0.2, 0.25) is 0 Å². The lowest BCUT2D eigenvalue weighted by Gasteiger charge is -2.32. The first kappa shape index (κ1) is 19.2. The monoisotopic (exact) mass is 414 g/mol. The highest BCUT2D eigenvalue weighted by Gasteiger charge is 2.38. The van der Waals surface area contributed by atoms with Crippen molar-refractivity contribution in [2.75, 3.05) is 19.1 Å². The van der Waals surface area contributed by atoms with Gasteiger partial charge in [0.15, 0.2) is 11.5 Å². The molecule has 150 valence electrons. The van der Waals surface area contributed by atoms with Gasteiger partial charge in [-0.1, -0.05) is 23.5 Å². The van der Waals surface area contributed by atoms with Crippen molar-refractivity contribution in [3.63, 3.8) is 0 Å². The Bertz CT molecular complexity index is 1140. The molecular formula is C21H19FN2O4S. The molecule has 2 heterocycles. The van der Waals surface area contributed by atoms with Gasteiger partial charge in [0.2, 0.25) is 5.91 Å². The zero-order valence-electron chi connectivity index (χ0n) is 16.1. The molecule has 29 heavy (non-hydrogen) atoms. The number of halogens is 1. The summed E-state index contributed by atoms with van der Waals surface area (Å²) in [5, 5.41) is 0. The highest BCUT2D eigenvalue weighted by Crippen LogP contribution is 2.48. The lowest BCUT2D eigenvalue weighted by molar-refractivity contribution is -0.118. The predicted molar refractivity (Wildman–Crippen MR) is 109 cm³/mol. The van der Waals surface area contributed by atoms with Gasteiger partial charge in [-0.05, 0) is 30.3 Å². The number of anilines is 2. The summed E-state index contributed by atoms with van der Waals surface area (Å²) in [7, 11) is 4.73. The molecule has 8 heteroatoms. The van der Waals surface area contributed by atoms with Gasteiger partial charge in [-0.25, -0.2) is 4.39 Å². The van der Waals surface area contributed by atoms with Gasteiger partial charge < -0.3 is 9.47 Å². The SMILES string of the molecule is COc1cccc(C2CC(=O)N(c3ccc(F)cc3)c3c2sc(=O)n3C)c1OC. The van der Waals surface area contributed by atoms with Gasteiger partial charge in [-0.15, -0.1) is 0 Å². The molecule has 0 radical (unpaired) electrons. The van der Waals surface area contributed by atoms with Crippen molar-refractivity contribution in [2.24, 2.45) is 7.05 Å². The normalized spacial score (nSPS) is 15.9. The van der Waals surface area contributed by atoms with Gasteiger partial charge in [0.25, 0.3) is 0 Å². The fourth-order valence-corrected chi connectivity index (χ4v) is 4.80. The van der Waals surface area contributed by atoms with Crippen LogP contribution in [0.1, 0.15) is 22.8 Å². The quantitative estimate of drug-likeness (QED) is 0.652. The number of aromatic nitrogens is 1. The van der Waals surface area contributed by atoms with E-state index in [2.05, 4.69) is 0 Å². The Kier molecular flexibility index (Phi) is 4.87. The van der Waals surface area contributed by atoms with E-state index in [1.807, 2.05) is 12.1 Å². The zero-order chi connectivity index (χ0) is 20.7. The second-order valence-corrected chi connectivity index (χ2v) is 7.65. The summed E-state index contributed by atoms with van der Waals surface area (Å²) in [4.78, 5) is 27.8. The summed E-state index contributed by atoms with van der Waals surface area (Å²) in [6.07, 6.45) is 0.147. The van der Waals surface area contributed by atoms with Crippen molar-refractivity contribution in [1.29, 1.82) is 0 Å². The molecule has 1 aliphatic rings. The van der Waals surface area contributed by atoms with E-state index in [4.69, 9.17) is 9.47 Å². The van der Waals surface area contributed by atoms with Gasteiger partial charge in [0, 0.05) is 24.9 Å². The third kappa shape index (κ3) is 3.09. The molecule has 4 rings (SSSR count). The van der Waals surface area contributed by atoms with Crippen LogP contribution in [0.25, 0.3) is 0 Å². The summed E-state index contributed by atoms with van der Waals surface area (Å²) in [5.41, 5.74) is 1.30. The van der Waals surface area contributed by atoms with Crippen molar-refractivity contribution in [3.05, 3.63) is 68.4 Å². The van der Waals surface area contributed by atoms with E-state index in [1.54, 1.807) is 27.3 Å². The first-order chi connectivity index (χ1) is 14.0. The van der Waals surface area contributed by atoms with Crippen molar-refractivity contribution in [2.45, 2.75) is 12.3 Å². The molecule has 3 aromatic rings. The first-order valence-corrected chi connectivity index (χ1v) is 9.77. The Morgan fingerprint density at radius 2 is 1.79 bits per heavy atom. The fourth-order valence-electron chi connectivity index (χ4n) is 3.72. The predicted octanol–water partition coefficient (Wildman–Crippen LogP) is 3.80. The number of methoxy groups -OCH3 is 2. The molecule has 6 nitrogen and oxygen atoms in total. The van der Waals surface area contributed by atoms with Crippen LogP contribution in [-0.2, 0) is 11.8 Å². The Morgan fingerprint density at radius 3 is 2.45 bits per heavy atom. The molecule has 0 N–H and O–H groups in total. The minimum absolute atomic E-state index is 0.147. The van der Waals surface area contributed by atoms with Crippen LogP contribution >= 0.6 is 11.3 Å². The van der Waals surface area contributed by atoms with Crippen LogP contribution in [0.3, 0.4) is 0 Å². The second kappa shape index (κ2) is 7.36. The van der Waals surface area contributed by atoms with E-state index in [1.165, 1.54) is 33.7 Å². The number of nitrogens with zero attached hydrogens (tertiary/aromatic N) is 2. The van der Waals surface area contributed by atoms with Crippen molar-refractivity contribution in [1.82, 2.24) is 4.57 Å². The van der Waals surface area contributed by atoms with E-state index in [9.17, 15) is 14.0 Å². The lowest BCUT2D eigenvalue weighted by atomic mass is 9.89. The third-order valence-electron chi connectivity index (χ3n) is 5.06. The van der Waals surface area contributed by atoms with Crippen LogP contribution in [0.4, 0.5) is 15.9 Å². The number of thiazole rings is 1. The Hall–Kier alpha value is -3.13. The van der Waals surface area contributed by atoms with Gasteiger partial charge in [0.1, 0.15) is 11.6 Å². The molecule has 1 unspecified atom stereocenters. The number of fused-ring (bicyclic) bond motifs is 1. The number of hydrogen-bond acceptors (Lipinski definition) is 5. The minimum atomic E-state index is -0.392. The number of rotatable bonds is 4. The second-order valence-electron chi connectivity index (χ2n) is 6.66. The molecule has 0 saturated heterocycles.